The monoisotopic (exact) mass is 286 g/mol. The minimum atomic E-state index is -0.643. The van der Waals surface area contributed by atoms with Crippen LogP contribution in [0.2, 0.25) is 0 Å². The quantitative estimate of drug-likeness (QED) is 0.711. The number of ether oxygens (including phenoxy) is 2. The standard InChI is InChI=1S/C13H22N2O5/c1-9(16)14-6-10(7-14)15(8-11(17)19-5)12(18)20-13(2,3)4/h10H,6-8H2,1-5H3. The van der Waals surface area contributed by atoms with Gasteiger partial charge in [-0.25, -0.2) is 4.79 Å². The van der Waals surface area contributed by atoms with Crippen molar-refractivity contribution in [1.29, 1.82) is 0 Å². The van der Waals surface area contributed by atoms with Crippen molar-refractivity contribution in [2.45, 2.75) is 39.3 Å². The number of esters is 1. The van der Waals surface area contributed by atoms with E-state index in [0.717, 1.165) is 0 Å². The van der Waals surface area contributed by atoms with Crippen LogP contribution in [0.1, 0.15) is 27.7 Å². The number of carbonyl (C=O) groups is 3. The summed E-state index contributed by atoms with van der Waals surface area (Å²) >= 11 is 0. The van der Waals surface area contributed by atoms with Crippen molar-refractivity contribution in [2.75, 3.05) is 26.7 Å². The van der Waals surface area contributed by atoms with Crippen molar-refractivity contribution in [3.8, 4) is 0 Å². The fourth-order valence-electron chi connectivity index (χ4n) is 1.78. The van der Waals surface area contributed by atoms with Crippen LogP contribution in [-0.2, 0) is 19.1 Å². The van der Waals surface area contributed by atoms with Crippen LogP contribution in [0.5, 0.6) is 0 Å². The Labute approximate surface area is 118 Å². The summed E-state index contributed by atoms with van der Waals surface area (Å²) in [5.74, 6) is -0.569. The lowest BCUT2D eigenvalue weighted by molar-refractivity contribution is -0.144. The van der Waals surface area contributed by atoms with Crippen LogP contribution in [0.25, 0.3) is 0 Å². The zero-order valence-corrected chi connectivity index (χ0v) is 12.6. The predicted octanol–water partition coefficient (Wildman–Crippen LogP) is 0.627. The summed E-state index contributed by atoms with van der Waals surface area (Å²) in [5.41, 5.74) is -0.643. The highest BCUT2D eigenvalue weighted by Gasteiger charge is 2.38. The van der Waals surface area contributed by atoms with Crippen LogP contribution in [0, 0.1) is 0 Å². The van der Waals surface area contributed by atoms with Crippen molar-refractivity contribution < 1.29 is 23.9 Å². The first kappa shape index (κ1) is 16.3. The average molecular weight is 286 g/mol. The third-order valence-corrected chi connectivity index (χ3v) is 2.90. The SMILES string of the molecule is COC(=O)CN(C(=O)OC(C)(C)C)C1CN(C(C)=O)C1. The van der Waals surface area contributed by atoms with Gasteiger partial charge in [0, 0.05) is 20.0 Å². The Morgan fingerprint density at radius 1 is 1.25 bits per heavy atom. The van der Waals surface area contributed by atoms with E-state index < -0.39 is 17.7 Å². The largest absolute Gasteiger partial charge is 0.468 e. The van der Waals surface area contributed by atoms with Crippen LogP contribution in [0.4, 0.5) is 4.79 Å². The molecule has 7 heteroatoms. The van der Waals surface area contributed by atoms with Gasteiger partial charge in [-0.2, -0.15) is 0 Å². The van der Waals surface area contributed by atoms with Crippen molar-refractivity contribution in [3.05, 3.63) is 0 Å². The molecule has 0 N–H and O–H groups in total. The van der Waals surface area contributed by atoms with Crippen LogP contribution in [-0.4, -0.2) is 66.2 Å². The first-order chi connectivity index (χ1) is 9.14. The number of hydrogen-bond donors (Lipinski definition) is 0. The van der Waals surface area contributed by atoms with E-state index in [-0.39, 0.29) is 18.5 Å². The van der Waals surface area contributed by atoms with Crippen molar-refractivity contribution in [2.24, 2.45) is 0 Å². The van der Waals surface area contributed by atoms with E-state index in [9.17, 15) is 14.4 Å². The van der Waals surface area contributed by atoms with E-state index in [4.69, 9.17) is 4.74 Å². The molecule has 20 heavy (non-hydrogen) atoms. The highest BCUT2D eigenvalue weighted by molar-refractivity contribution is 5.79. The molecular formula is C13H22N2O5. The third-order valence-electron chi connectivity index (χ3n) is 2.90. The summed E-state index contributed by atoms with van der Waals surface area (Å²) < 4.78 is 9.86. The minimum Gasteiger partial charge on any atom is -0.468 e. The molecule has 1 aliphatic rings. The van der Waals surface area contributed by atoms with Crippen molar-refractivity contribution in [3.63, 3.8) is 0 Å². The van der Waals surface area contributed by atoms with Gasteiger partial charge in [-0.15, -0.1) is 0 Å². The van der Waals surface area contributed by atoms with E-state index in [0.29, 0.717) is 13.1 Å². The van der Waals surface area contributed by atoms with Gasteiger partial charge in [-0.3, -0.25) is 14.5 Å². The summed E-state index contributed by atoms with van der Waals surface area (Å²) in [6.45, 7) is 7.37. The molecule has 1 saturated heterocycles. The molecule has 0 aromatic carbocycles. The topological polar surface area (TPSA) is 76.2 Å². The van der Waals surface area contributed by atoms with Gasteiger partial charge >= 0.3 is 12.1 Å². The molecule has 0 aromatic rings. The lowest BCUT2D eigenvalue weighted by atomic mass is 10.1. The Morgan fingerprint density at radius 2 is 1.80 bits per heavy atom. The molecule has 1 aliphatic heterocycles. The number of nitrogens with zero attached hydrogens (tertiary/aromatic N) is 2. The maximum atomic E-state index is 12.1. The first-order valence-corrected chi connectivity index (χ1v) is 6.46. The Kier molecular flexibility index (Phi) is 4.97. The molecule has 1 rings (SSSR count). The van der Waals surface area contributed by atoms with Gasteiger partial charge in [0.25, 0.3) is 0 Å². The van der Waals surface area contributed by atoms with E-state index in [1.165, 1.54) is 18.9 Å². The zero-order chi connectivity index (χ0) is 15.5. The van der Waals surface area contributed by atoms with Crippen LogP contribution >= 0.6 is 0 Å². The number of hydrogen-bond acceptors (Lipinski definition) is 5. The highest BCUT2D eigenvalue weighted by Crippen LogP contribution is 2.18. The molecule has 7 nitrogen and oxygen atoms in total. The Hall–Kier alpha value is -1.79. The van der Waals surface area contributed by atoms with E-state index in [2.05, 4.69) is 4.74 Å². The molecule has 2 amide bonds. The summed E-state index contributed by atoms with van der Waals surface area (Å²) in [6.07, 6.45) is -0.573. The molecule has 0 bridgehead atoms. The first-order valence-electron chi connectivity index (χ1n) is 6.46. The predicted molar refractivity (Wildman–Crippen MR) is 71.0 cm³/mol. The molecule has 114 valence electrons. The third kappa shape index (κ3) is 4.40. The van der Waals surface area contributed by atoms with Crippen molar-refractivity contribution in [1.82, 2.24) is 9.80 Å². The van der Waals surface area contributed by atoms with E-state index in [1.807, 2.05) is 0 Å². The Bertz CT molecular complexity index is 396. The number of methoxy groups -OCH3 is 1. The molecule has 0 spiro atoms. The Balaban J connectivity index is 2.69. The number of amides is 2. The highest BCUT2D eigenvalue weighted by atomic mass is 16.6. The average Bonchev–Trinajstić information content (AvgIpc) is 2.22. The molecule has 0 aromatic heterocycles. The minimum absolute atomic E-state index is 0.0524. The second-order valence-electron chi connectivity index (χ2n) is 5.76. The van der Waals surface area contributed by atoms with E-state index in [1.54, 1.807) is 25.7 Å². The molecule has 1 fully saturated rings. The fraction of sp³-hybridized carbons (Fsp3) is 0.769. The number of likely N-dealkylation sites (tertiary alicyclic amines) is 1. The second-order valence-corrected chi connectivity index (χ2v) is 5.76. The van der Waals surface area contributed by atoms with Crippen molar-refractivity contribution >= 4 is 18.0 Å². The lowest BCUT2D eigenvalue weighted by Gasteiger charge is -2.44. The molecule has 0 unspecified atom stereocenters. The molecule has 1 heterocycles. The summed E-state index contributed by atoms with van der Waals surface area (Å²) in [4.78, 5) is 37.6. The van der Waals surface area contributed by atoms with Crippen LogP contribution in [0.3, 0.4) is 0 Å². The lowest BCUT2D eigenvalue weighted by Crippen LogP contribution is -2.63. The van der Waals surface area contributed by atoms with E-state index >= 15 is 0 Å². The van der Waals surface area contributed by atoms with Gasteiger partial charge in [0.1, 0.15) is 12.1 Å². The smallest absolute Gasteiger partial charge is 0.411 e. The number of rotatable bonds is 3. The Morgan fingerprint density at radius 3 is 2.20 bits per heavy atom. The number of carbonyl (C=O) groups excluding carboxylic acids is 3. The van der Waals surface area contributed by atoms with Gasteiger partial charge in [-0.1, -0.05) is 0 Å². The molecule has 0 aliphatic carbocycles. The van der Waals surface area contributed by atoms with Gasteiger partial charge in [0.05, 0.1) is 13.2 Å². The molecule has 0 saturated carbocycles. The summed E-state index contributed by atoms with van der Waals surface area (Å²) in [7, 11) is 1.26. The fourth-order valence-corrected chi connectivity index (χ4v) is 1.78. The zero-order valence-electron chi connectivity index (χ0n) is 12.6. The molecule has 0 atom stereocenters. The summed E-state index contributed by atoms with van der Waals surface area (Å²) in [5, 5.41) is 0. The maximum absolute atomic E-state index is 12.1. The van der Waals surface area contributed by atoms with Gasteiger partial charge in [0.15, 0.2) is 0 Å². The summed E-state index contributed by atoms with van der Waals surface area (Å²) in [6, 6.07) is -0.215. The normalized spacial score (nSPS) is 15.3. The van der Waals surface area contributed by atoms with Crippen LogP contribution < -0.4 is 0 Å². The van der Waals surface area contributed by atoms with Gasteiger partial charge in [0.2, 0.25) is 5.91 Å². The second kappa shape index (κ2) is 6.11. The molecule has 0 radical (unpaired) electrons. The van der Waals surface area contributed by atoms with Crippen LogP contribution in [0.15, 0.2) is 0 Å². The van der Waals surface area contributed by atoms with Gasteiger partial charge < -0.3 is 14.4 Å². The van der Waals surface area contributed by atoms with Gasteiger partial charge in [-0.05, 0) is 20.8 Å². The molecular weight excluding hydrogens is 264 g/mol. The maximum Gasteiger partial charge on any atom is 0.411 e.